The van der Waals surface area contributed by atoms with Crippen LogP contribution in [0, 0.1) is 28.8 Å². The molecule has 0 aliphatic heterocycles. The number of nitrogens with one attached hydrogen (secondary N) is 1. The van der Waals surface area contributed by atoms with Crippen molar-refractivity contribution >= 4 is 11.6 Å². The second-order valence-electron chi connectivity index (χ2n) is 3.25. The zero-order valence-electron chi connectivity index (χ0n) is 8.78. The summed E-state index contributed by atoms with van der Waals surface area (Å²) in [4.78, 5) is 7.37. The molecule has 0 aliphatic rings. The Bertz CT molecular complexity index is 613. The summed E-state index contributed by atoms with van der Waals surface area (Å²) in [5, 5.41) is 10.9. The van der Waals surface area contributed by atoms with E-state index in [0.29, 0.717) is 12.1 Å². The lowest BCUT2D eigenvalue weighted by atomic mass is 10.3. The summed E-state index contributed by atoms with van der Waals surface area (Å²) in [6.07, 6.45) is 1.26. The third-order valence-corrected chi connectivity index (χ3v) is 2.01. The van der Waals surface area contributed by atoms with Crippen LogP contribution < -0.4 is 5.32 Å². The van der Waals surface area contributed by atoms with Gasteiger partial charge in [0.25, 0.3) is 0 Å². The zero-order chi connectivity index (χ0) is 13.1. The lowest BCUT2D eigenvalue weighted by Gasteiger charge is -2.07. The van der Waals surface area contributed by atoms with Gasteiger partial charge in [0, 0.05) is 18.3 Å². The van der Waals surface area contributed by atoms with Gasteiger partial charge in [-0.1, -0.05) is 0 Å². The fourth-order valence-electron chi connectivity index (χ4n) is 1.25. The second-order valence-corrected chi connectivity index (χ2v) is 3.25. The number of hydrogen-bond donors (Lipinski definition) is 1. The first-order chi connectivity index (χ1) is 8.60. The molecule has 90 valence electrons. The van der Waals surface area contributed by atoms with E-state index in [1.807, 2.05) is 0 Å². The normalized spacial score (nSPS) is 9.89. The first kappa shape index (κ1) is 11.9. The highest BCUT2D eigenvalue weighted by atomic mass is 19.1. The Labute approximate surface area is 99.7 Å². The Morgan fingerprint density at radius 3 is 2.44 bits per heavy atom. The van der Waals surface area contributed by atoms with Gasteiger partial charge in [0.15, 0.2) is 11.6 Å². The van der Waals surface area contributed by atoms with Crippen molar-refractivity contribution in [2.24, 2.45) is 0 Å². The molecule has 0 unspecified atom stereocenters. The Balaban J connectivity index is 2.37. The topological polar surface area (TPSA) is 61.6 Å². The minimum Gasteiger partial charge on any atom is -0.319 e. The van der Waals surface area contributed by atoms with Crippen LogP contribution in [0.25, 0.3) is 0 Å². The standard InChI is InChI=1S/C11H5F3N4/c12-6-3-8(13)10(9(14)4-6)18-11-16-2-1-7(5-15)17-11/h1-4H,(H,16,17,18). The molecule has 2 rings (SSSR count). The maximum atomic E-state index is 13.3. The van der Waals surface area contributed by atoms with Crippen LogP contribution in [0.5, 0.6) is 0 Å². The van der Waals surface area contributed by atoms with Crippen molar-refractivity contribution < 1.29 is 13.2 Å². The first-order valence-corrected chi connectivity index (χ1v) is 4.75. The Hall–Kier alpha value is -2.62. The molecule has 1 aromatic heterocycles. The van der Waals surface area contributed by atoms with Gasteiger partial charge in [-0.3, -0.25) is 0 Å². The number of halogens is 3. The highest BCUT2D eigenvalue weighted by Gasteiger charge is 2.12. The van der Waals surface area contributed by atoms with Crippen LogP contribution in [0.1, 0.15) is 5.69 Å². The summed E-state index contributed by atoms with van der Waals surface area (Å²) in [5.74, 6) is -3.40. The molecule has 0 aliphatic carbocycles. The van der Waals surface area contributed by atoms with Gasteiger partial charge < -0.3 is 5.32 Å². The number of nitriles is 1. The van der Waals surface area contributed by atoms with Crippen LogP contribution in [-0.2, 0) is 0 Å². The summed E-state index contributed by atoms with van der Waals surface area (Å²) < 4.78 is 39.3. The maximum absolute atomic E-state index is 13.3. The fraction of sp³-hybridized carbons (Fsp3) is 0. The molecule has 0 spiro atoms. The summed E-state index contributed by atoms with van der Waals surface area (Å²) in [7, 11) is 0. The van der Waals surface area contributed by atoms with Gasteiger partial charge in [-0.15, -0.1) is 0 Å². The molecule has 0 atom stereocenters. The molecular weight excluding hydrogens is 245 g/mol. The van der Waals surface area contributed by atoms with E-state index in [2.05, 4.69) is 15.3 Å². The second kappa shape index (κ2) is 4.71. The minimum atomic E-state index is -1.11. The highest BCUT2D eigenvalue weighted by Crippen LogP contribution is 2.22. The molecule has 18 heavy (non-hydrogen) atoms. The van der Waals surface area contributed by atoms with Gasteiger partial charge in [-0.25, -0.2) is 23.1 Å². The average molecular weight is 250 g/mol. The molecule has 0 saturated heterocycles. The van der Waals surface area contributed by atoms with Gasteiger partial charge in [0.1, 0.15) is 23.3 Å². The zero-order valence-corrected chi connectivity index (χ0v) is 8.78. The smallest absolute Gasteiger partial charge is 0.228 e. The lowest BCUT2D eigenvalue weighted by molar-refractivity contribution is 0.548. The Kier molecular flexibility index (Phi) is 3.10. The number of hydrogen-bond acceptors (Lipinski definition) is 4. The van der Waals surface area contributed by atoms with E-state index in [1.165, 1.54) is 12.3 Å². The summed E-state index contributed by atoms with van der Waals surface area (Å²) in [6.45, 7) is 0. The number of nitrogens with zero attached hydrogens (tertiary/aromatic N) is 3. The average Bonchev–Trinajstić information content (AvgIpc) is 2.34. The molecule has 1 heterocycles. The first-order valence-electron chi connectivity index (χ1n) is 4.75. The van der Waals surface area contributed by atoms with Crippen molar-refractivity contribution in [2.75, 3.05) is 5.32 Å². The Morgan fingerprint density at radius 1 is 1.17 bits per heavy atom. The number of rotatable bonds is 2. The van der Waals surface area contributed by atoms with Crippen molar-refractivity contribution in [1.29, 1.82) is 5.26 Å². The van der Waals surface area contributed by atoms with Crippen LogP contribution in [-0.4, -0.2) is 9.97 Å². The SMILES string of the molecule is N#Cc1ccnc(Nc2c(F)cc(F)cc2F)n1. The van der Waals surface area contributed by atoms with E-state index < -0.39 is 23.1 Å². The molecule has 1 N–H and O–H groups in total. The van der Waals surface area contributed by atoms with Crippen molar-refractivity contribution in [3.63, 3.8) is 0 Å². The van der Waals surface area contributed by atoms with E-state index in [4.69, 9.17) is 5.26 Å². The molecule has 0 saturated carbocycles. The van der Waals surface area contributed by atoms with Crippen molar-refractivity contribution in [3.05, 3.63) is 47.5 Å². The molecule has 2 aromatic rings. The molecule has 1 aromatic carbocycles. The van der Waals surface area contributed by atoms with Crippen molar-refractivity contribution in [3.8, 4) is 6.07 Å². The molecule has 0 bridgehead atoms. The fourth-order valence-corrected chi connectivity index (χ4v) is 1.25. The van der Waals surface area contributed by atoms with Gasteiger partial charge in [-0.05, 0) is 6.07 Å². The third-order valence-electron chi connectivity index (χ3n) is 2.01. The third kappa shape index (κ3) is 2.38. The molecule has 0 radical (unpaired) electrons. The summed E-state index contributed by atoms with van der Waals surface area (Å²) in [5.41, 5.74) is -0.540. The molecule has 4 nitrogen and oxygen atoms in total. The summed E-state index contributed by atoms with van der Waals surface area (Å²) >= 11 is 0. The predicted octanol–water partition coefficient (Wildman–Crippen LogP) is 2.51. The largest absolute Gasteiger partial charge is 0.319 e. The van der Waals surface area contributed by atoms with Gasteiger partial charge >= 0.3 is 0 Å². The van der Waals surface area contributed by atoms with Gasteiger partial charge in [0.05, 0.1) is 0 Å². The van der Waals surface area contributed by atoms with Crippen LogP contribution in [0.3, 0.4) is 0 Å². The Morgan fingerprint density at radius 2 is 1.83 bits per heavy atom. The van der Waals surface area contributed by atoms with E-state index >= 15 is 0 Å². The highest BCUT2D eigenvalue weighted by molar-refractivity contribution is 5.55. The van der Waals surface area contributed by atoms with Gasteiger partial charge in [-0.2, -0.15) is 5.26 Å². The molecule has 0 fully saturated rings. The van der Waals surface area contributed by atoms with Crippen LogP contribution in [0.4, 0.5) is 24.8 Å². The van der Waals surface area contributed by atoms with E-state index in [9.17, 15) is 13.2 Å². The monoisotopic (exact) mass is 250 g/mol. The molecular formula is C11H5F3N4. The lowest BCUT2D eigenvalue weighted by Crippen LogP contribution is -2.03. The number of aromatic nitrogens is 2. The number of benzene rings is 1. The quantitative estimate of drug-likeness (QED) is 0.889. The summed E-state index contributed by atoms with van der Waals surface area (Å²) in [6, 6.07) is 4.14. The van der Waals surface area contributed by atoms with Crippen LogP contribution in [0.15, 0.2) is 24.4 Å². The van der Waals surface area contributed by atoms with Crippen LogP contribution >= 0.6 is 0 Å². The van der Waals surface area contributed by atoms with Crippen molar-refractivity contribution in [1.82, 2.24) is 9.97 Å². The maximum Gasteiger partial charge on any atom is 0.228 e. The molecule has 7 heteroatoms. The van der Waals surface area contributed by atoms with Crippen LogP contribution in [0.2, 0.25) is 0 Å². The van der Waals surface area contributed by atoms with E-state index in [-0.39, 0.29) is 11.6 Å². The van der Waals surface area contributed by atoms with E-state index in [1.54, 1.807) is 6.07 Å². The molecule has 0 amide bonds. The number of anilines is 2. The van der Waals surface area contributed by atoms with E-state index in [0.717, 1.165) is 0 Å². The predicted molar refractivity (Wildman–Crippen MR) is 56.3 cm³/mol. The minimum absolute atomic E-state index is 0.0374. The van der Waals surface area contributed by atoms with Crippen molar-refractivity contribution in [2.45, 2.75) is 0 Å². The van der Waals surface area contributed by atoms with Gasteiger partial charge in [0.2, 0.25) is 5.95 Å².